The number of hydrogen-bond donors (Lipinski definition) is 0. The van der Waals surface area contributed by atoms with Gasteiger partial charge in [0.05, 0.1) is 5.69 Å². The summed E-state index contributed by atoms with van der Waals surface area (Å²) in [6.07, 6.45) is 1.74. The Morgan fingerprint density at radius 1 is 1.15 bits per heavy atom. The van der Waals surface area contributed by atoms with E-state index in [1.165, 1.54) is 0 Å². The molecule has 0 aliphatic rings. The van der Waals surface area contributed by atoms with Crippen molar-refractivity contribution in [2.75, 3.05) is 7.05 Å². The molecule has 3 aromatic rings. The number of para-hydroxylation sites is 1. The number of rotatable bonds is 6. The van der Waals surface area contributed by atoms with Crippen LogP contribution in [0.5, 0.6) is 5.75 Å². The summed E-state index contributed by atoms with van der Waals surface area (Å²) in [4.78, 5) is 14.3. The van der Waals surface area contributed by atoms with E-state index in [4.69, 9.17) is 4.74 Å². The minimum Gasteiger partial charge on any atom is -0.471 e. The third kappa shape index (κ3) is 3.77. The zero-order valence-electron chi connectivity index (χ0n) is 15.5. The molecular weight excluding hydrogens is 330 g/mol. The number of benzene rings is 1. The van der Waals surface area contributed by atoms with Crippen molar-refractivity contribution < 1.29 is 9.53 Å². The molecular formula is C19H23N5O2. The van der Waals surface area contributed by atoms with Crippen molar-refractivity contribution in [2.45, 2.75) is 27.1 Å². The second kappa shape index (κ2) is 7.43. The van der Waals surface area contributed by atoms with Crippen LogP contribution in [0, 0.1) is 13.8 Å². The maximum Gasteiger partial charge on any atom is 0.274 e. The first-order chi connectivity index (χ1) is 12.5. The highest BCUT2D eigenvalue weighted by Gasteiger charge is 2.18. The Morgan fingerprint density at radius 3 is 2.54 bits per heavy atom. The predicted molar refractivity (Wildman–Crippen MR) is 97.8 cm³/mol. The van der Waals surface area contributed by atoms with Crippen LogP contribution >= 0.6 is 0 Å². The first-order valence-electron chi connectivity index (χ1n) is 8.41. The van der Waals surface area contributed by atoms with Gasteiger partial charge in [-0.25, -0.2) is 4.68 Å². The van der Waals surface area contributed by atoms with Crippen LogP contribution in [-0.2, 0) is 20.3 Å². The number of aromatic nitrogens is 4. The second-order valence-corrected chi connectivity index (χ2v) is 6.26. The molecule has 7 nitrogen and oxygen atoms in total. The van der Waals surface area contributed by atoms with E-state index in [9.17, 15) is 4.79 Å². The van der Waals surface area contributed by atoms with Gasteiger partial charge in [-0.3, -0.25) is 9.48 Å². The fourth-order valence-corrected chi connectivity index (χ4v) is 2.76. The van der Waals surface area contributed by atoms with Gasteiger partial charge in [0.15, 0.2) is 12.4 Å². The van der Waals surface area contributed by atoms with Crippen LogP contribution in [0.3, 0.4) is 0 Å². The monoisotopic (exact) mass is 353 g/mol. The van der Waals surface area contributed by atoms with Crippen LogP contribution in [0.4, 0.5) is 0 Å². The van der Waals surface area contributed by atoms with Gasteiger partial charge in [-0.15, -0.1) is 0 Å². The third-order valence-electron chi connectivity index (χ3n) is 4.37. The van der Waals surface area contributed by atoms with Crippen molar-refractivity contribution in [3.8, 4) is 5.75 Å². The number of carbonyl (C=O) groups is 1. The van der Waals surface area contributed by atoms with Crippen molar-refractivity contribution in [3.05, 3.63) is 65.2 Å². The van der Waals surface area contributed by atoms with Gasteiger partial charge in [0, 0.05) is 38.1 Å². The largest absolute Gasteiger partial charge is 0.471 e. The number of amides is 1. The lowest BCUT2D eigenvalue weighted by molar-refractivity contribution is 0.0776. The molecule has 1 amide bonds. The van der Waals surface area contributed by atoms with Crippen LogP contribution in [0.2, 0.25) is 0 Å². The van der Waals surface area contributed by atoms with E-state index >= 15 is 0 Å². The number of ether oxygens (including phenoxy) is 1. The third-order valence-corrected chi connectivity index (χ3v) is 4.37. The molecule has 0 aliphatic heterocycles. The van der Waals surface area contributed by atoms with Gasteiger partial charge in [-0.2, -0.15) is 10.2 Å². The Bertz CT molecular complexity index is 898. The molecule has 0 saturated heterocycles. The Morgan fingerprint density at radius 2 is 1.88 bits per heavy atom. The molecule has 0 fully saturated rings. The number of aryl methyl sites for hydroxylation is 2. The summed E-state index contributed by atoms with van der Waals surface area (Å²) >= 11 is 0. The highest BCUT2D eigenvalue weighted by Crippen LogP contribution is 2.15. The summed E-state index contributed by atoms with van der Waals surface area (Å²) in [6.45, 7) is 4.71. The fraction of sp³-hybridized carbons (Fsp3) is 0.316. The van der Waals surface area contributed by atoms with E-state index in [1.54, 1.807) is 28.9 Å². The van der Waals surface area contributed by atoms with Crippen molar-refractivity contribution in [2.24, 2.45) is 7.05 Å². The van der Waals surface area contributed by atoms with Crippen molar-refractivity contribution in [1.29, 1.82) is 0 Å². The summed E-state index contributed by atoms with van der Waals surface area (Å²) in [5.74, 6) is 0.627. The van der Waals surface area contributed by atoms with E-state index in [2.05, 4.69) is 10.2 Å². The molecule has 0 aliphatic carbocycles. The van der Waals surface area contributed by atoms with Gasteiger partial charge in [0.1, 0.15) is 5.75 Å². The molecule has 0 saturated carbocycles. The van der Waals surface area contributed by atoms with Gasteiger partial charge in [0.2, 0.25) is 0 Å². The molecule has 0 unspecified atom stereocenters. The molecule has 0 spiro atoms. The van der Waals surface area contributed by atoms with E-state index < -0.39 is 0 Å². The SMILES string of the molecule is Cc1nn(C)c(C)c1CN(C)C(=O)c1ccn(COc2ccccc2)n1. The topological polar surface area (TPSA) is 65.2 Å². The zero-order valence-corrected chi connectivity index (χ0v) is 15.5. The van der Waals surface area contributed by atoms with Crippen LogP contribution in [0.1, 0.15) is 27.4 Å². The van der Waals surface area contributed by atoms with Gasteiger partial charge in [-0.05, 0) is 32.0 Å². The Balaban J connectivity index is 1.63. The van der Waals surface area contributed by atoms with E-state index in [-0.39, 0.29) is 12.6 Å². The molecule has 2 heterocycles. The molecule has 0 atom stereocenters. The second-order valence-electron chi connectivity index (χ2n) is 6.26. The summed E-state index contributed by atoms with van der Waals surface area (Å²) in [7, 11) is 3.68. The smallest absolute Gasteiger partial charge is 0.274 e. The van der Waals surface area contributed by atoms with Crippen LogP contribution in [-0.4, -0.2) is 37.4 Å². The summed E-state index contributed by atoms with van der Waals surface area (Å²) in [5.41, 5.74) is 3.45. The molecule has 0 N–H and O–H groups in total. The average Bonchev–Trinajstić information content (AvgIpc) is 3.20. The minimum atomic E-state index is -0.133. The molecule has 136 valence electrons. The molecule has 7 heteroatoms. The maximum atomic E-state index is 12.6. The van der Waals surface area contributed by atoms with Gasteiger partial charge in [0.25, 0.3) is 5.91 Å². The Labute approximate surface area is 152 Å². The molecule has 0 radical (unpaired) electrons. The summed E-state index contributed by atoms with van der Waals surface area (Å²) < 4.78 is 9.08. The first kappa shape index (κ1) is 17.7. The first-order valence-corrected chi connectivity index (χ1v) is 8.41. The van der Waals surface area contributed by atoms with Crippen LogP contribution in [0.15, 0.2) is 42.6 Å². The van der Waals surface area contributed by atoms with Gasteiger partial charge in [-0.1, -0.05) is 18.2 Å². The Kier molecular flexibility index (Phi) is 5.06. The van der Waals surface area contributed by atoms with Crippen molar-refractivity contribution in [3.63, 3.8) is 0 Å². The van der Waals surface area contributed by atoms with Crippen LogP contribution < -0.4 is 4.74 Å². The highest BCUT2D eigenvalue weighted by molar-refractivity contribution is 5.92. The molecule has 2 aromatic heterocycles. The van der Waals surface area contributed by atoms with E-state index in [0.29, 0.717) is 12.2 Å². The summed E-state index contributed by atoms with van der Waals surface area (Å²) in [6, 6.07) is 11.2. The molecule has 1 aromatic carbocycles. The van der Waals surface area contributed by atoms with E-state index in [1.807, 2.05) is 55.9 Å². The van der Waals surface area contributed by atoms with Crippen molar-refractivity contribution >= 4 is 5.91 Å². The maximum absolute atomic E-state index is 12.6. The van der Waals surface area contributed by atoms with Crippen LogP contribution in [0.25, 0.3) is 0 Å². The van der Waals surface area contributed by atoms with Gasteiger partial charge >= 0.3 is 0 Å². The predicted octanol–water partition coefficient (Wildman–Crippen LogP) is 2.54. The van der Waals surface area contributed by atoms with Crippen molar-refractivity contribution in [1.82, 2.24) is 24.5 Å². The standard InChI is InChI=1S/C19H23N5O2/c1-14-17(15(2)23(4)20-14)12-22(3)19(25)18-10-11-24(21-18)13-26-16-8-6-5-7-9-16/h5-11H,12-13H2,1-4H3. The molecule has 26 heavy (non-hydrogen) atoms. The molecule has 3 rings (SSSR count). The van der Waals surface area contributed by atoms with E-state index in [0.717, 1.165) is 22.7 Å². The lowest BCUT2D eigenvalue weighted by Crippen LogP contribution is -2.27. The summed E-state index contributed by atoms with van der Waals surface area (Å²) in [5, 5.41) is 8.71. The number of hydrogen-bond acceptors (Lipinski definition) is 4. The average molecular weight is 353 g/mol. The lowest BCUT2D eigenvalue weighted by Gasteiger charge is -2.16. The number of carbonyl (C=O) groups excluding carboxylic acids is 1. The highest BCUT2D eigenvalue weighted by atomic mass is 16.5. The fourth-order valence-electron chi connectivity index (χ4n) is 2.76. The minimum absolute atomic E-state index is 0.133. The van der Waals surface area contributed by atoms with Gasteiger partial charge < -0.3 is 9.64 Å². The molecule has 0 bridgehead atoms. The lowest BCUT2D eigenvalue weighted by atomic mass is 10.2. The zero-order chi connectivity index (χ0) is 18.7. The quantitative estimate of drug-likeness (QED) is 0.683. The normalized spacial score (nSPS) is 10.8. The Hall–Kier alpha value is -3.09. The number of nitrogens with zero attached hydrogens (tertiary/aromatic N) is 5.